The summed E-state index contributed by atoms with van der Waals surface area (Å²) in [5.74, 6) is 2.20. The summed E-state index contributed by atoms with van der Waals surface area (Å²) >= 11 is 0. The van der Waals surface area contributed by atoms with Gasteiger partial charge in [-0.25, -0.2) is 0 Å². The fourth-order valence-electron chi connectivity index (χ4n) is 3.88. The lowest BCUT2D eigenvalue weighted by atomic mass is 10.1. The second-order valence-corrected chi connectivity index (χ2v) is 8.27. The number of ether oxygens (including phenoxy) is 4. The number of aromatic nitrogens is 1. The van der Waals surface area contributed by atoms with E-state index in [-0.39, 0.29) is 5.91 Å². The van der Waals surface area contributed by atoms with Crippen molar-refractivity contribution in [3.05, 3.63) is 83.7 Å². The molecule has 1 aromatic heterocycles. The molecular formula is C27H30N2O5. The van der Waals surface area contributed by atoms with Crippen LogP contribution in [0, 0.1) is 5.92 Å². The third kappa shape index (κ3) is 6.26. The maximum Gasteiger partial charge on any atom is 0.254 e. The van der Waals surface area contributed by atoms with Crippen LogP contribution in [-0.4, -0.2) is 49.8 Å². The van der Waals surface area contributed by atoms with Crippen molar-refractivity contribution in [2.45, 2.75) is 19.5 Å². The fraction of sp³-hybridized carbons (Fsp3) is 0.333. The lowest BCUT2D eigenvalue weighted by Gasteiger charge is -2.23. The molecule has 4 rings (SSSR count). The Bertz CT molecular complexity index is 1060. The third-order valence-corrected chi connectivity index (χ3v) is 5.75. The molecule has 0 saturated carbocycles. The fourth-order valence-corrected chi connectivity index (χ4v) is 3.88. The number of carbonyl (C=O) groups excluding carboxylic acids is 1. The predicted octanol–water partition coefficient (Wildman–Crippen LogP) is 4.36. The summed E-state index contributed by atoms with van der Waals surface area (Å²) in [5.41, 5.74) is 2.26. The van der Waals surface area contributed by atoms with Crippen molar-refractivity contribution in [3.8, 4) is 17.2 Å². The minimum Gasteiger partial charge on any atom is -0.497 e. The van der Waals surface area contributed by atoms with E-state index < -0.39 is 0 Å². The maximum absolute atomic E-state index is 13.6. The van der Waals surface area contributed by atoms with Gasteiger partial charge in [0, 0.05) is 36.9 Å². The molecule has 7 heteroatoms. The van der Waals surface area contributed by atoms with E-state index in [1.165, 1.54) is 0 Å². The highest BCUT2D eigenvalue weighted by Crippen LogP contribution is 2.25. The molecule has 3 aromatic rings. The first-order valence-electron chi connectivity index (χ1n) is 11.4. The van der Waals surface area contributed by atoms with Gasteiger partial charge in [0.2, 0.25) is 0 Å². The Morgan fingerprint density at radius 3 is 2.50 bits per heavy atom. The molecule has 0 spiro atoms. The van der Waals surface area contributed by atoms with Gasteiger partial charge < -0.3 is 23.8 Å². The molecule has 0 aliphatic carbocycles. The van der Waals surface area contributed by atoms with Gasteiger partial charge in [-0.2, -0.15) is 0 Å². The van der Waals surface area contributed by atoms with Crippen LogP contribution in [0.4, 0.5) is 0 Å². The van der Waals surface area contributed by atoms with Crippen LogP contribution in [0.1, 0.15) is 28.0 Å². The van der Waals surface area contributed by atoms with E-state index in [9.17, 15) is 4.79 Å². The number of carbonyl (C=O) groups is 1. The number of benzene rings is 2. The molecule has 2 aromatic carbocycles. The molecule has 0 unspecified atom stereocenters. The van der Waals surface area contributed by atoms with Gasteiger partial charge in [-0.1, -0.05) is 18.2 Å². The van der Waals surface area contributed by atoms with Crippen LogP contribution in [0.5, 0.6) is 17.2 Å². The Hall–Kier alpha value is -3.58. The van der Waals surface area contributed by atoms with Crippen molar-refractivity contribution in [1.82, 2.24) is 9.88 Å². The molecule has 2 heterocycles. The van der Waals surface area contributed by atoms with Crippen LogP contribution < -0.4 is 14.2 Å². The van der Waals surface area contributed by atoms with Gasteiger partial charge in [0.25, 0.3) is 5.91 Å². The van der Waals surface area contributed by atoms with Crippen molar-refractivity contribution in [3.63, 3.8) is 0 Å². The molecule has 1 aliphatic rings. The first kappa shape index (κ1) is 23.6. The number of nitrogens with zero attached hydrogens (tertiary/aromatic N) is 2. The van der Waals surface area contributed by atoms with E-state index in [2.05, 4.69) is 4.98 Å². The minimum atomic E-state index is -0.141. The molecule has 1 amide bonds. The highest BCUT2D eigenvalue weighted by Gasteiger charge is 2.20. The quantitative estimate of drug-likeness (QED) is 0.446. The molecule has 178 valence electrons. The van der Waals surface area contributed by atoms with E-state index in [0.29, 0.717) is 42.7 Å². The molecule has 7 nitrogen and oxygen atoms in total. The summed E-state index contributed by atoms with van der Waals surface area (Å²) < 4.78 is 22.2. The zero-order chi connectivity index (χ0) is 23.8. The Morgan fingerprint density at radius 2 is 1.82 bits per heavy atom. The van der Waals surface area contributed by atoms with E-state index >= 15 is 0 Å². The van der Waals surface area contributed by atoms with Gasteiger partial charge in [0.15, 0.2) is 0 Å². The summed E-state index contributed by atoms with van der Waals surface area (Å²) in [7, 11) is 3.13. The zero-order valence-corrected chi connectivity index (χ0v) is 19.6. The number of hydrogen-bond donors (Lipinski definition) is 0. The number of rotatable bonds is 10. The Labute approximate surface area is 200 Å². The molecule has 0 bridgehead atoms. The number of pyridine rings is 1. The van der Waals surface area contributed by atoms with Crippen LogP contribution in [0.3, 0.4) is 0 Å². The lowest BCUT2D eigenvalue weighted by Crippen LogP contribution is -2.30. The second-order valence-electron chi connectivity index (χ2n) is 8.27. The largest absolute Gasteiger partial charge is 0.497 e. The molecule has 1 fully saturated rings. The van der Waals surface area contributed by atoms with Gasteiger partial charge in [-0.3, -0.25) is 9.78 Å². The van der Waals surface area contributed by atoms with E-state index in [1.807, 2.05) is 42.5 Å². The summed E-state index contributed by atoms with van der Waals surface area (Å²) in [5, 5.41) is 0. The second kappa shape index (κ2) is 11.5. The van der Waals surface area contributed by atoms with Crippen molar-refractivity contribution in [2.24, 2.45) is 5.92 Å². The van der Waals surface area contributed by atoms with Crippen LogP contribution in [-0.2, 0) is 17.8 Å². The predicted molar refractivity (Wildman–Crippen MR) is 128 cm³/mol. The standard InChI is InChI=1S/C27H30N2O5/c1-31-25-13-22(14-26(15-25)32-2)27(30)29(17-23-7-3-4-10-28-23)16-20-6-5-8-24(12-20)34-19-21-9-11-33-18-21/h3-8,10,12-15,21H,9,11,16-19H2,1-2H3/t21-/m1/s1. The Kier molecular flexibility index (Phi) is 7.99. The highest BCUT2D eigenvalue weighted by molar-refractivity contribution is 5.95. The molecule has 1 atom stereocenters. The number of hydrogen-bond acceptors (Lipinski definition) is 6. The average Bonchev–Trinajstić information content (AvgIpc) is 3.41. The molecule has 1 aliphatic heterocycles. The average molecular weight is 463 g/mol. The summed E-state index contributed by atoms with van der Waals surface area (Å²) in [4.78, 5) is 19.8. The van der Waals surface area contributed by atoms with Gasteiger partial charge in [-0.05, 0) is 48.4 Å². The van der Waals surface area contributed by atoms with E-state index in [0.717, 1.165) is 36.6 Å². The molecular weight excluding hydrogens is 432 g/mol. The molecule has 34 heavy (non-hydrogen) atoms. The van der Waals surface area contributed by atoms with Crippen LogP contribution >= 0.6 is 0 Å². The third-order valence-electron chi connectivity index (χ3n) is 5.75. The zero-order valence-electron chi connectivity index (χ0n) is 19.6. The van der Waals surface area contributed by atoms with Crippen molar-refractivity contribution in [2.75, 3.05) is 34.0 Å². The summed E-state index contributed by atoms with van der Waals surface area (Å²) in [6, 6.07) is 18.8. The van der Waals surface area contributed by atoms with Crippen LogP contribution in [0.2, 0.25) is 0 Å². The lowest BCUT2D eigenvalue weighted by molar-refractivity contribution is 0.0727. The first-order chi connectivity index (χ1) is 16.6. The van der Waals surface area contributed by atoms with Gasteiger partial charge in [0.1, 0.15) is 17.2 Å². The normalized spacial score (nSPS) is 15.1. The van der Waals surface area contributed by atoms with Crippen molar-refractivity contribution in [1.29, 1.82) is 0 Å². The van der Waals surface area contributed by atoms with E-state index in [1.54, 1.807) is 43.5 Å². The number of methoxy groups -OCH3 is 2. The monoisotopic (exact) mass is 462 g/mol. The van der Waals surface area contributed by atoms with Crippen LogP contribution in [0.15, 0.2) is 66.9 Å². The highest BCUT2D eigenvalue weighted by atomic mass is 16.5. The summed E-state index contributed by atoms with van der Waals surface area (Å²) in [6.07, 6.45) is 2.75. The van der Waals surface area contributed by atoms with Crippen molar-refractivity contribution >= 4 is 5.91 Å². The SMILES string of the molecule is COc1cc(OC)cc(C(=O)N(Cc2cccc(OC[C@@H]3CCOC3)c2)Cc2ccccn2)c1. The number of amides is 1. The first-order valence-corrected chi connectivity index (χ1v) is 11.4. The van der Waals surface area contributed by atoms with Crippen LogP contribution in [0.25, 0.3) is 0 Å². The van der Waals surface area contributed by atoms with Gasteiger partial charge >= 0.3 is 0 Å². The van der Waals surface area contributed by atoms with Gasteiger partial charge in [-0.15, -0.1) is 0 Å². The van der Waals surface area contributed by atoms with E-state index in [4.69, 9.17) is 18.9 Å². The summed E-state index contributed by atoms with van der Waals surface area (Å²) in [6.45, 7) is 2.94. The van der Waals surface area contributed by atoms with Crippen molar-refractivity contribution < 1.29 is 23.7 Å². The topological polar surface area (TPSA) is 70.1 Å². The smallest absolute Gasteiger partial charge is 0.254 e. The van der Waals surface area contributed by atoms with Gasteiger partial charge in [0.05, 0.1) is 39.7 Å². The maximum atomic E-state index is 13.6. The minimum absolute atomic E-state index is 0.141. The molecule has 0 radical (unpaired) electrons. The Morgan fingerprint density at radius 1 is 1.00 bits per heavy atom. The molecule has 1 saturated heterocycles. The Balaban J connectivity index is 1.55. The molecule has 0 N–H and O–H groups in total.